The van der Waals surface area contributed by atoms with Crippen LogP contribution in [0.5, 0.6) is 5.75 Å². The van der Waals surface area contributed by atoms with Crippen LogP contribution in [0.1, 0.15) is 64.5 Å². The van der Waals surface area contributed by atoms with Gasteiger partial charge in [-0.2, -0.15) is 5.26 Å². The highest BCUT2D eigenvalue weighted by Gasteiger charge is 2.48. The number of hydrogen-bond donors (Lipinski definition) is 1. The third-order valence-electron chi connectivity index (χ3n) is 9.11. The SMILES string of the molecule is CCOc1cc(CN2CC3(CCC3)c3c(CN4CCN(C)CC4)cc(Cn4ccnc4NC)cc3C2=O)ncc1C#N. The predicted molar refractivity (Wildman–Crippen MR) is 160 cm³/mol. The molecule has 1 aromatic carbocycles. The molecule has 1 spiro atoms. The van der Waals surface area contributed by atoms with Gasteiger partial charge < -0.3 is 24.4 Å². The molecule has 10 nitrogen and oxygen atoms in total. The normalized spacial score (nSPS) is 18.4. The fourth-order valence-corrected chi connectivity index (χ4v) is 6.83. The Kier molecular flexibility index (Phi) is 7.88. The fourth-order valence-electron chi connectivity index (χ4n) is 6.83. The average molecular weight is 569 g/mol. The number of amides is 1. The monoisotopic (exact) mass is 568 g/mol. The number of carbonyl (C=O) groups is 1. The van der Waals surface area contributed by atoms with Crippen molar-refractivity contribution in [1.82, 2.24) is 29.2 Å². The van der Waals surface area contributed by atoms with E-state index in [0.717, 1.165) is 68.3 Å². The Morgan fingerprint density at radius 1 is 1.10 bits per heavy atom. The van der Waals surface area contributed by atoms with Gasteiger partial charge in [0.15, 0.2) is 0 Å². The van der Waals surface area contributed by atoms with E-state index in [0.29, 0.717) is 37.6 Å². The summed E-state index contributed by atoms with van der Waals surface area (Å²) in [6.07, 6.45) is 8.65. The molecule has 1 amide bonds. The molecule has 2 aliphatic heterocycles. The molecule has 2 aromatic heterocycles. The van der Waals surface area contributed by atoms with Crippen molar-refractivity contribution in [2.24, 2.45) is 0 Å². The lowest BCUT2D eigenvalue weighted by Gasteiger charge is -2.51. The van der Waals surface area contributed by atoms with Gasteiger partial charge in [-0.05, 0) is 49.6 Å². The van der Waals surface area contributed by atoms with Gasteiger partial charge in [-0.25, -0.2) is 4.98 Å². The van der Waals surface area contributed by atoms with Gasteiger partial charge in [-0.3, -0.25) is 14.7 Å². The third kappa shape index (κ3) is 5.35. The number of benzene rings is 1. The Hall–Kier alpha value is -3.94. The zero-order valence-corrected chi connectivity index (χ0v) is 24.9. The van der Waals surface area contributed by atoms with Gasteiger partial charge in [0.25, 0.3) is 5.91 Å². The molecule has 6 rings (SSSR count). The van der Waals surface area contributed by atoms with E-state index in [1.54, 1.807) is 12.4 Å². The number of likely N-dealkylation sites (N-methyl/N-ethyl adjacent to an activating group) is 1. The minimum Gasteiger partial charge on any atom is -0.492 e. The molecular formula is C32H40N8O2. The average Bonchev–Trinajstić information content (AvgIpc) is 3.42. The molecule has 0 unspecified atom stereocenters. The molecule has 0 atom stereocenters. The molecule has 1 saturated heterocycles. The fraction of sp³-hybridized carbons (Fsp3) is 0.500. The van der Waals surface area contributed by atoms with Crippen LogP contribution >= 0.6 is 0 Å². The summed E-state index contributed by atoms with van der Waals surface area (Å²) in [4.78, 5) is 30.1. The molecule has 3 aliphatic rings. The molecule has 10 heteroatoms. The highest BCUT2D eigenvalue weighted by Crippen LogP contribution is 2.50. The van der Waals surface area contributed by atoms with Crippen LogP contribution in [0.3, 0.4) is 0 Å². The highest BCUT2D eigenvalue weighted by atomic mass is 16.5. The van der Waals surface area contributed by atoms with E-state index in [1.165, 1.54) is 17.5 Å². The first kappa shape index (κ1) is 28.2. The summed E-state index contributed by atoms with van der Waals surface area (Å²) < 4.78 is 7.79. The Morgan fingerprint density at radius 2 is 1.90 bits per heavy atom. The van der Waals surface area contributed by atoms with Gasteiger partial charge >= 0.3 is 0 Å². The van der Waals surface area contributed by atoms with Crippen molar-refractivity contribution in [2.45, 2.75) is 51.2 Å². The van der Waals surface area contributed by atoms with Crippen molar-refractivity contribution in [3.63, 3.8) is 0 Å². The number of ether oxygens (including phenoxy) is 1. The number of nitriles is 1. The first-order valence-corrected chi connectivity index (χ1v) is 15.0. The second-order valence-corrected chi connectivity index (χ2v) is 11.9. The summed E-state index contributed by atoms with van der Waals surface area (Å²) in [5, 5.41) is 12.6. The number of rotatable bonds is 9. The molecule has 220 valence electrons. The first-order chi connectivity index (χ1) is 20.4. The first-order valence-electron chi connectivity index (χ1n) is 15.0. The van der Waals surface area contributed by atoms with Crippen molar-refractivity contribution >= 4 is 11.9 Å². The molecule has 1 aliphatic carbocycles. The standard InChI is InChI=1S/C32H40N8O2/c1-4-42-28-16-26(36-18-25(28)17-33)21-40-22-32(6-5-7-32)29-24(20-38-12-10-37(3)11-13-38)14-23(15-27(29)30(40)41)19-39-9-8-35-31(39)34-2/h8-9,14-16,18H,4-7,10-13,19-22H2,1-3H3,(H,34,35). The summed E-state index contributed by atoms with van der Waals surface area (Å²) in [6.45, 7) is 9.09. The largest absolute Gasteiger partial charge is 0.492 e. The van der Waals surface area contributed by atoms with Crippen LogP contribution in [-0.2, 0) is 25.0 Å². The summed E-state index contributed by atoms with van der Waals surface area (Å²) in [6, 6.07) is 8.43. The van der Waals surface area contributed by atoms with E-state index in [4.69, 9.17) is 4.74 Å². The van der Waals surface area contributed by atoms with Crippen LogP contribution in [0.15, 0.2) is 36.8 Å². The smallest absolute Gasteiger partial charge is 0.254 e. The van der Waals surface area contributed by atoms with Crippen LogP contribution in [-0.4, -0.2) is 88.6 Å². The van der Waals surface area contributed by atoms with E-state index >= 15 is 0 Å². The quantitative estimate of drug-likeness (QED) is 0.419. The number of fused-ring (bicyclic) bond motifs is 2. The van der Waals surface area contributed by atoms with Crippen molar-refractivity contribution in [3.8, 4) is 11.8 Å². The number of piperazine rings is 1. The second-order valence-electron chi connectivity index (χ2n) is 11.9. The molecule has 2 fully saturated rings. The maximum absolute atomic E-state index is 14.3. The minimum atomic E-state index is -0.0375. The van der Waals surface area contributed by atoms with Crippen LogP contribution in [0.2, 0.25) is 0 Å². The van der Waals surface area contributed by atoms with E-state index in [2.05, 4.69) is 54.9 Å². The number of anilines is 1. The van der Waals surface area contributed by atoms with Gasteiger partial charge in [-0.1, -0.05) is 12.5 Å². The Bertz CT molecular complexity index is 1500. The van der Waals surface area contributed by atoms with Crippen LogP contribution in [0.25, 0.3) is 0 Å². The Labute approximate surface area is 247 Å². The Balaban J connectivity index is 1.38. The van der Waals surface area contributed by atoms with Gasteiger partial charge in [0.05, 0.1) is 25.4 Å². The van der Waals surface area contributed by atoms with Crippen molar-refractivity contribution in [3.05, 3.63) is 70.3 Å². The molecule has 1 N–H and O–H groups in total. The lowest BCUT2D eigenvalue weighted by atomic mass is 9.60. The van der Waals surface area contributed by atoms with E-state index < -0.39 is 0 Å². The van der Waals surface area contributed by atoms with Crippen molar-refractivity contribution < 1.29 is 9.53 Å². The number of aromatic nitrogens is 3. The second kappa shape index (κ2) is 11.7. The van der Waals surface area contributed by atoms with E-state index in [1.807, 2.05) is 31.1 Å². The number of nitrogens with one attached hydrogen (secondary N) is 1. The third-order valence-corrected chi connectivity index (χ3v) is 9.11. The zero-order chi connectivity index (χ0) is 29.3. The topological polar surface area (TPSA) is 103 Å². The number of carbonyl (C=O) groups excluding carboxylic acids is 1. The van der Waals surface area contributed by atoms with Gasteiger partial charge in [0.1, 0.15) is 17.4 Å². The highest BCUT2D eigenvalue weighted by molar-refractivity contribution is 5.98. The summed E-state index contributed by atoms with van der Waals surface area (Å²) in [5.74, 6) is 1.37. The van der Waals surface area contributed by atoms with Crippen molar-refractivity contribution in [1.29, 1.82) is 5.26 Å². The van der Waals surface area contributed by atoms with Crippen LogP contribution < -0.4 is 10.1 Å². The molecule has 1 saturated carbocycles. The number of imidazole rings is 1. The predicted octanol–water partition coefficient (Wildman–Crippen LogP) is 3.46. The van der Waals surface area contributed by atoms with Gasteiger partial charge in [0.2, 0.25) is 5.95 Å². The minimum absolute atomic E-state index is 0.0375. The maximum atomic E-state index is 14.3. The molecule has 4 heterocycles. The molecular weight excluding hydrogens is 528 g/mol. The van der Waals surface area contributed by atoms with E-state index in [9.17, 15) is 10.1 Å². The number of hydrogen-bond acceptors (Lipinski definition) is 8. The van der Waals surface area contributed by atoms with Crippen LogP contribution in [0, 0.1) is 11.3 Å². The lowest BCUT2D eigenvalue weighted by molar-refractivity contribution is 0.0561. The lowest BCUT2D eigenvalue weighted by Crippen LogP contribution is -2.53. The van der Waals surface area contributed by atoms with Gasteiger partial charge in [-0.15, -0.1) is 0 Å². The Morgan fingerprint density at radius 3 is 2.60 bits per heavy atom. The van der Waals surface area contributed by atoms with E-state index in [-0.39, 0.29) is 11.3 Å². The maximum Gasteiger partial charge on any atom is 0.254 e. The molecule has 42 heavy (non-hydrogen) atoms. The molecule has 0 radical (unpaired) electrons. The summed E-state index contributed by atoms with van der Waals surface area (Å²) >= 11 is 0. The molecule has 0 bridgehead atoms. The number of nitrogens with zero attached hydrogens (tertiary/aromatic N) is 7. The van der Waals surface area contributed by atoms with Crippen molar-refractivity contribution in [2.75, 3.05) is 58.7 Å². The van der Waals surface area contributed by atoms with Gasteiger partial charge in [0, 0.05) is 82.0 Å². The summed E-state index contributed by atoms with van der Waals surface area (Å²) in [5.41, 5.74) is 5.59. The summed E-state index contributed by atoms with van der Waals surface area (Å²) in [7, 11) is 4.06. The zero-order valence-electron chi connectivity index (χ0n) is 24.9. The molecule has 3 aromatic rings. The number of pyridine rings is 1. The van der Waals surface area contributed by atoms with Crippen LogP contribution in [0.4, 0.5) is 5.95 Å².